The number of esters is 1. The van der Waals surface area contributed by atoms with E-state index in [0.29, 0.717) is 17.7 Å². The Hall–Kier alpha value is -2.88. The van der Waals surface area contributed by atoms with Gasteiger partial charge in [0.2, 0.25) is 0 Å². The van der Waals surface area contributed by atoms with Gasteiger partial charge in [-0.2, -0.15) is 0 Å². The van der Waals surface area contributed by atoms with Gasteiger partial charge >= 0.3 is 5.97 Å². The van der Waals surface area contributed by atoms with Gasteiger partial charge in [-0.05, 0) is 42.8 Å². The number of hydrogen-bond donors (Lipinski definition) is 1. The second kappa shape index (κ2) is 7.22. The van der Waals surface area contributed by atoms with Crippen molar-refractivity contribution in [1.29, 1.82) is 0 Å². The zero-order valence-electron chi connectivity index (χ0n) is 12.2. The SMILES string of the molecule is CCOC(=O)/C=C/c1ccc(C(=O)c2ccc(O)cc2)cc1. The molecule has 0 bridgehead atoms. The Labute approximate surface area is 128 Å². The van der Waals surface area contributed by atoms with E-state index in [1.165, 1.54) is 18.2 Å². The van der Waals surface area contributed by atoms with Gasteiger partial charge in [0.1, 0.15) is 5.75 Å². The van der Waals surface area contributed by atoms with Crippen LogP contribution >= 0.6 is 0 Å². The third-order valence-electron chi connectivity index (χ3n) is 3.00. The minimum absolute atomic E-state index is 0.121. The predicted octanol–water partition coefficient (Wildman–Crippen LogP) is 3.20. The van der Waals surface area contributed by atoms with Gasteiger partial charge < -0.3 is 9.84 Å². The third-order valence-corrected chi connectivity index (χ3v) is 3.00. The summed E-state index contributed by atoms with van der Waals surface area (Å²) in [6.07, 6.45) is 2.98. The smallest absolute Gasteiger partial charge is 0.330 e. The van der Waals surface area contributed by atoms with E-state index in [1.807, 2.05) is 0 Å². The number of aromatic hydroxyl groups is 1. The largest absolute Gasteiger partial charge is 0.508 e. The molecule has 0 fully saturated rings. The molecular weight excluding hydrogens is 280 g/mol. The molecule has 22 heavy (non-hydrogen) atoms. The monoisotopic (exact) mass is 296 g/mol. The molecule has 0 saturated carbocycles. The van der Waals surface area contributed by atoms with Crippen LogP contribution in [-0.2, 0) is 9.53 Å². The first-order valence-electron chi connectivity index (χ1n) is 6.89. The molecule has 0 aliphatic rings. The number of ketones is 1. The topological polar surface area (TPSA) is 63.6 Å². The molecular formula is C18H16O4. The lowest BCUT2D eigenvalue weighted by molar-refractivity contribution is -0.137. The number of rotatable bonds is 5. The van der Waals surface area contributed by atoms with E-state index in [0.717, 1.165) is 5.56 Å². The summed E-state index contributed by atoms with van der Waals surface area (Å²) in [7, 11) is 0. The first-order chi connectivity index (χ1) is 10.6. The number of carbonyl (C=O) groups excluding carboxylic acids is 2. The zero-order chi connectivity index (χ0) is 15.9. The molecule has 0 unspecified atom stereocenters. The quantitative estimate of drug-likeness (QED) is 0.523. The molecule has 4 heteroatoms. The molecule has 1 N–H and O–H groups in total. The number of ether oxygens (including phenoxy) is 1. The lowest BCUT2D eigenvalue weighted by Gasteiger charge is -2.02. The van der Waals surface area contributed by atoms with E-state index in [9.17, 15) is 14.7 Å². The Morgan fingerprint density at radius 2 is 1.55 bits per heavy atom. The minimum Gasteiger partial charge on any atom is -0.508 e. The normalized spacial score (nSPS) is 10.6. The van der Waals surface area contributed by atoms with E-state index in [1.54, 1.807) is 49.4 Å². The maximum absolute atomic E-state index is 12.2. The average Bonchev–Trinajstić information content (AvgIpc) is 2.54. The highest BCUT2D eigenvalue weighted by Crippen LogP contribution is 2.15. The average molecular weight is 296 g/mol. The Morgan fingerprint density at radius 3 is 2.09 bits per heavy atom. The molecule has 0 aliphatic heterocycles. The van der Waals surface area contributed by atoms with Crippen LogP contribution in [0.25, 0.3) is 6.08 Å². The van der Waals surface area contributed by atoms with E-state index < -0.39 is 5.97 Å². The number of benzene rings is 2. The molecule has 0 atom stereocenters. The summed E-state index contributed by atoms with van der Waals surface area (Å²) in [5, 5.41) is 9.23. The lowest BCUT2D eigenvalue weighted by Crippen LogP contribution is -2.01. The highest BCUT2D eigenvalue weighted by atomic mass is 16.5. The maximum atomic E-state index is 12.2. The highest BCUT2D eigenvalue weighted by molar-refractivity contribution is 6.09. The van der Waals surface area contributed by atoms with E-state index in [-0.39, 0.29) is 11.5 Å². The van der Waals surface area contributed by atoms with Crippen LogP contribution in [0.1, 0.15) is 28.4 Å². The first kappa shape index (κ1) is 15.5. The Morgan fingerprint density at radius 1 is 1.00 bits per heavy atom. The molecule has 0 amide bonds. The number of carbonyl (C=O) groups is 2. The van der Waals surface area contributed by atoms with Crippen molar-refractivity contribution in [3.05, 3.63) is 71.3 Å². The Bertz CT molecular complexity index is 682. The maximum Gasteiger partial charge on any atom is 0.330 e. The van der Waals surface area contributed by atoms with Crippen LogP contribution in [0, 0.1) is 0 Å². The van der Waals surface area contributed by atoms with Crippen molar-refractivity contribution in [1.82, 2.24) is 0 Å². The summed E-state index contributed by atoms with van der Waals surface area (Å²) in [5.41, 5.74) is 1.85. The molecule has 0 radical (unpaired) electrons. The van der Waals surface area contributed by atoms with Gasteiger partial charge in [-0.3, -0.25) is 4.79 Å². The minimum atomic E-state index is -0.397. The fourth-order valence-electron chi connectivity index (χ4n) is 1.88. The molecule has 0 aliphatic carbocycles. The van der Waals surface area contributed by atoms with Gasteiger partial charge in [0.25, 0.3) is 0 Å². The van der Waals surface area contributed by atoms with Crippen LogP contribution < -0.4 is 0 Å². The second-order valence-corrected chi connectivity index (χ2v) is 4.58. The third kappa shape index (κ3) is 4.06. The van der Waals surface area contributed by atoms with Crippen LogP contribution in [0.15, 0.2) is 54.6 Å². The van der Waals surface area contributed by atoms with E-state index in [2.05, 4.69) is 0 Å². The van der Waals surface area contributed by atoms with Gasteiger partial charge in [0.05, 0.1) is 6.61 Å². The van der Waals surface area contributed by atoms with Gasteiger partial charge in [-0.15, -0.1) is 0 Å². The standard InChI is InChI=1S/C18H16O4/c1-2-22-17(20)12-5-13-3-6-14(7-4-13)18(21)15-8-10-16(19)11-9-15/h3-12,19H,2H2,1H3/b12-5+. The molecule has 0 spiro atoms. The zero-order valence-corrected chi connectivity index (χ0v) is 12.2. The Balaban J connectivity index is 2.10. The second-order valence-electron chi connectivity index (χ2n) is 4.58. The number of hydrogen-bond acceptors (Lipinski definition) is 4. The molecule has 0 heterocycles. The van der Waals surface area contributed by atoms with Crippen molar-refractivity contribution in [2.75, 3.05) is 6.61 Å². The number of phenolic OH excluding ortho intramolecular Hbond substituents is 1. The molecule has 2 aromatic rings. The van der Waals surface area contributed by atoms with Gasteiger partial charge in [0.15, 0.2) is 5.78 Å². The van der Waals surface area contributed by atoms with Crippen molar-refractivity contribution in [2.24, 2.45) is 0 Å². The summed E-state index contributed by atoms with van der Waals surface area (Å²) >= 11 is 0. The molecule has 0 saturated heterocycles. The van der Waals surface area contributed by atoms with Crippen molar-refractivity contribution in [3.63, 3.8) is 0 Å². The van der Waals surface area contributed by atoms with Crippen molar-refractivity contribution < 1.29 is 19.4 Å². The van der Waals surface area contributed by atoms with Gasteiger partial charge in [-0.25, -0.2) is 4.79 Å². The van der Waals surface area contributed by atoms with Crippen LogP contribution in [0.5, 0.6) is 5.75 Å². The first-order valence-corrected chi connectivity index (χ1v) is 6.89. The predicted molar refractivity (Wildman–Crippen MR) is 83.6 cm³/mol. The van der Waals surface area contributed by atoms with Crippen molar-refractivity contribution >= 4 is 17.8 Å². The number of phenols is 1. The molecule has 4 nitrogen and oxygen atoms in total. The summed E-state index contributed by atoms with van der Waals surface area (Å²) in [6.45, 7) is 2.08. The molecule has 0 aromatic heterocycles. The van der Waals surface area contributed by atoms with E-state index in [4.69, 9.17) is 4.74 Å². The Kier molecular flexibility index (Phi) is 5.09. The summed E-state index contributed by atoms with van der Waals surface area (Å²) in [4.78, 5) is 23.5. The van der Waals surface area contributed by atoms with Crippen molar-refractivity contribution in [2.45, 2.75) is 6.92 Å². The molecule has 112 valence electrons. The lowest BCUT2D eigenvalue weighted by atomic mass is 10.0. The summed E-state index contributed by atoms with van der Waals surface area (Å²) < 4.78 is 4.79. The van der Waals surface area contributed by atoms with E-state index >= 15 is 0 Å². The molecule has 2 rings (SSSR count). The fraction of sp³-hybridized carbons (Fsp3) is 0.111. The summed E-state index contributed by atoms with van der Waals surface area (Å²) in [5.74, 6) is -0.399. The van der Waals surface area contributed by atoms with Crippen molar-refractivity contribution in [3.8, 4) is 5.75 Å². The van der Waals surface area contributed by atoms with Crippen LogP contribution in [0.2, 0.25) is 0 Å². The fourth-order valence-corrected chi connectivity index (χ4v) is 1.88. The highest BCUT2D eigenvalue weighted by Gasteiger charge is 2.08. The van der Waals surface area contributed by atoms with Gasteiger partial charge in [0, 0.05) is 17.2 Å². The molecule has 2 aromatic carbocycles. The van der Waals surface area contributed by atoms with Crippen LogP contribution in [0.3, 0.4) is 0 Å². The summed E-state index contributed by atoms with van der Waals surface area (Å²) in [6, 6.07) is 13.0. The van der Waals surface area contributed by atoms with Gasteiger partial charge in [-0.1, -0.05) is 24.3 Å². The van der Waals surface area contributed by atoms with Crippen LogP contribution in [0.4, 0.5) is 0 Å². The van der Waals surface area contributed by atoms with Crippen LogP contribution in [-0.4, -0.2) is 23.5 Å².